The van der Waals surface area contributed by atoms with E-state index in [4.69, 9.17) is 4.74 Å². The van der Waals surface area contributed by atoms with Crippen molar-refractivity contribution in [3.05, 3.63) is 71.0 Å². The van der Waals surface area contributed by atoms with Crippen LogP contribution in [0.2, 0.25) is 0 Å². The molecule has 0 bridgehead atoms. The third kappa shape index (κ3) is 5.87. The molecule has 1 fully saturated rings. The van der Waals surface area contributed by atoms with E-state index in [1.54, 1.807) is 19.1 Å². The minimum atomic E-state index is -0.197. The van der Waals surface area contributed by atoms with Crippen molar-refractivity contribution in [2.24, 2.45) is 0 Å². The quantitative estimate of drug-likeness (QED) is 0.686. The lowest BCUT2D eigenvalue weighted by Gasteiger charge is -2.36. The van der Waals surface area contributed by atoms with E-state index in [1.165, 1.54) is 11.6 Å². The van der Waals surface area contributed by atoms with Crippen molar-refractivity contribution in [2.45, 2.75) is 51.9 Å². The third-order valence-electron chi connectivity index (χ3n) is 5.59. The Morgan fingerprint density at radius 3 is 2.52 bits per heavy atom. The number of hydrogen-bond acceptors (Lipinski definition) is 3. The lowest BCUT2D eigenvalue weighted by molar-refractivity contribution is -0.134. The lowest BCUT2D eigenvalue weighted by Crippen LogP contribution is -2.42. The molecule has 0 saturated carbocycles. The van der Waals surface area contributed by atoms with Gasteiger partial charge in [0, 0.05) is 39.2 Å². The zero-order valence-electron chi connectivity index (χ0n) is 17.6. The van der Waals surface area contributed by atoms with Crippen LogP contribution in [-0.2, 0) is 22.6 Å². The van der Waals surface area contributed by atoms with Gasteiger partial charge >= 0.3 is 0 Å². The number of carbonyl (C=O) groups excluding carboxylic acids is 1. The number of hydrogen-bond donors (Lipinski definition) is 0. The van der Waals surface area contributed by atoms with Crippen molar-refractivity contribution in [3.63, 3.8) is 0 Å². The van der Waals surface area contributed by atoms with E-state index in [0.717, 1.165) is 37.1 Å². The molecule has 156 valence electrons. The number of nitrogens with zero attached hydrogens (tertiary/aromatic N) is 2. The molecule has 0 N–H and O–H groups in total. The fourth-order valence-electron chi connectivity index (χ4n) is 4.18. The van der Waals surface area contributed by atoms with Gasteiger partial charge in [-0.15, -0.1) is 0 Å². The topological polar surface area (TPSA) is 32.8 Å². The van der Waals surface area contributed by atoms with Gasteiger partial charge in [-0.2, -0.15) is 0 Å². The summed E-state index contributed by atoms with van der Waals surface area (Å²) in [7, 11) is 2.04. The van der Waals surface area contributed by atoms with Crippen LogP contribution < -0.4 is 0 Å². The molecule has 0 spiro atoms. The predicted molar refractivity (Wildman–Crippen MR) is 113 cm³/mol. The van der Waals surface area contributed by atoms with Crippen LogP contribution in [0.1, 0.15) is 49.5 Å². The Bertz CT molecular complexity index is 809. The van der Waals surface area contributed by atoms with Gasteiger partial charge in [0.25, 0.3) is 0 Å². The summed E-state index contributed by atoms with van der Waals surface area (Å²) in [4.78, 5) is 16.0. The van der Waals surface area contributed by atoms with Crippen LogP contribution in [-0.4, -0.2) is 41.9 Å². The normalized spacial score (nSPS) is 19.3. The second-order valence-electron chi connectivity index (χ2n) is 7.89. The van der Waals surface area contributed by atoms with Crippen LogP contribution in [0.25, 0.3) is 0 Å². The molecule has 0 radical (unpaired) electrons. The molecule has 4 nitrogen and oxygen atoms in total. The van der Waals surface area contributed by atoms with Crippen LogP contribution in [0.15, 0.2) is 48.5 Å². The standard InChI is InChI=1S/C24H31FN2O2/c1-4-27(18(2)28)23-12-13-29-24(15-23)21-10-8-19(9-11-21)16-26(3)17-20-6-5-7-22(25)14-20/h5-11,14,23-24H,4,12-13,15-17H2,1-3H3/t23-,24+/m1/s1. The van der Waals surface area contributed by atoms with E-state index in [2.05, 4.69) is 29.2 Å². The molecule has 29 heavy (non-hydrogen) atoms. The third-order valence-corrected chi connectivity index (χ3v) is 5.59. The van der Waals surface area contributed by atoms with Crippen LogP contribution in [0, 0.1) is 5.82 Å². The van der Waals surface area contributed by atoms with Gasteiger partial charge in [-0.25, -0.2) is 4.39 Å². The summed E-state index contributed by atoms with van der Waals surface area (Å²) in [5, 5.41) is 0. The number of carbonyl (C=O) groups is 1. The molecule has 0 unspecified atom stereocenters. The van der Waals surface area contributed by atoms with Gasteiger partial charge in [0.1, 0.15) is 5.82 Å². The largest absolute Gasteiger partial charge is 0.373 e. The van der Waals surface area contributed by atoms with Gasteiger partial charge in [-0.05, 0) is 55.6 Å². The molecule has 1 amide bonds. The summed E-state index contributed by atoms with van der Waals surface area (Å²) in [5.74, 6) is -0.0627. The fourth-order valence-corrected chi connectivity index (χ4v) is 4.18. The summed E-state index contributed by atoms with van der Waals surface area (Å²) in [5.41, 5.74) is 3.33. The molecule has 3 rings (SSSR count). The Morgan fingerprint density at radius 1 is 1.14 bits per heavy atom. The Labute approximate surface area is 173 Å². The highest BCUT2D eigenvalue weighted by Gasteiger charge is 2.28. The van der Waals surface area contributed by atoms with Crippen molar-refractivity contribution in [3.8, 4) is 0 Å². The molecular formula is C24H31FN2O2. The lowest BCUT2D eigenvalue weighted by atomic mass is 9.95. The van der Waals surface area contributed by atoms with Gasteiger partial charge in [0.2, 0.25) is 5.91 Å². The molecule has 1 aliphatic heterocycles. The SMILES string of the molecule is CCN(C(C)=O)[C@@H]1CCO[C@H](c2ccc(CN(C)Cc3cccc(F)c3)cc2)C1. The molecule has 0 aliphatic carbocycles. The molecule has 1 aliphatic rings. The minimum Gasteiger partial charge on any atom is -0.373 e. The molecule has 2 aromatic rings. The van der Waals surface area contributed by atoms with E-state index in [0.29, 0.717) is 13.2 Å². The first-order chi connectivity index (χ1) is 14.0. The molecule has 1 heterocycles. The number of rotatable bonds is 7. The van der Waals surface area contributed by atoms with E-state index in [-0.39, 0.29) is 23.9 Å². The second kappa shape index (κ2) is 9.99. The van der Waals surface area contributed by atoms with Crippen molar-refractivity contribution >= 4 is 5.91 Å². The predicted octanol–water partition coefficient (Wildman–Crippen LogP) is 4.55. The maximum atomic E-state index is 13.4. The number of ether oxygens (including phenoxy) is 1. The van der Waals surface area contributed by atoms with E-state index >= 15 is 0 Å². The van der Waals surface area contributed by atoms with Gasteiger partial charge in [0.15, 0.2) is 0 Å². The molecule has 2 aromatic carbocycles. The summed E-state index contributed by atoms with van der Waals surface area (Å²) < 4.78 is 19.4. The van der Waals surface area contributed by atoms with Crippen LogP contribution in [0.3, 0.4) is 0 Å². The summed E-state index contributed by atoms with van der Waals surface area (Å²) in [6.07, 6.45) is 1.76. The van der Waals surface area contributed by atoms with Crippen molar-refractivity contribution < 1.29 is 13.9 Å². The summed E-state index contributed by atoms with van der Waals surface area (Å²) in [6, 6.07) is 15.5. The first kappa shape index (κ1) is 21.5. The fraction of sp³-hybridized carbons (Fsp3) is 0.458. The molecular weight excluding hydrogens is 367 g/mol. The number of halogens is 1. The van der Waals surface area contributed by atoms with Crippen molar-refractivity contribution in [1.82, 2.24) is 9.80 Å². The monoisotopic (exact) mass is 398 g/mol. The van der Waals surface area contributed by atoms with E-state index in [9.17, 15) is 9.18 Å². The van der Waals surface area contributed by atoms with Gasteiger partial charge in [0.05, 0.1) is 6.10 Å². The number of benzene rings is 2. The Hall–Kier alpha value is -2.24. The van der Waals surface area contributed by atoms with Crippen molar-refractivity contribution in [1.29, 1.82) is 0 Å². The smallest absolute Gasteiger partial charge is 0.219 e. The summed E-state index contributed by atoms with van der Waals surface area (Å²) >= 11 is 0. The van der Waals surface area contributed by atoms with E-state index in [1.807, 2.05) is 24.9 Å². The Balaban J connectivity index is 1.58. The van der Waals surface area contributed by atoms with Crippen LogP contribution in [0.4, 0.5) is 4.39 Å². The maximum absolute atomic E-state index is 13.4. The van der Waals surface area contributed by atoms with Crippen LogP contribution in [0.5, 0.6) is 0 Å². The zero-order valence-corrected chi connectivity index (χ0v) is 17.6. The van der Waals surface area contributed by atoms with Gasteiger partial charge in [-0.1, -0.05) is 36.4 Å². The molecule has 1 saturated heterocycles. The van der Waals surface area contributed by atoms with Crippen molar-refractivity contribution in [2.75, 3.05) is 20.2 Å². The number of amides is 1. The maximum Gasteiger partial charge on any atom is 0.219 e. The molecule has 0 aromatic heterocycles. The summed E-state index contributed by atoms with van der Waals surface area (Å²) in [6.45, 7) is 6.58. The zero-order chi connectivity index (χ0) is 20.8. The first-order valence-electron chi connectivity index (χ1n) is 10.4. The molecule has 2 atom stereocenters. The van der Waals surface area contributed by atoms with Gasteiger partial charge in [-0.3, -0.25) is 9.69 Å². The van der Waals surface area contributed by atoms with E-state index < -0.39 is 0 Å². The average molecular weight is 399 g/mol. The first-order valence-corrected chi connectivity index (χ1v) is 10.4. The highest BCUT2D eigenvalue weighted by Crippen LogP contribution is 2.31. The second-order valence-corrected chi connectivity index (χ2v) is 7.89. The highest BCUT2D eigenvalue weighted by atomic mass is 19.1. The Morgan fingerprint density at radius 2 is 1.86 bits per heavy atom. The average Bonchev–Trinajstić information content (AvgIpc) is 2.69. The molecule has 5 heteroatoms. The van der Waals surface area contributed by atoms with Gasteiger partial charge < -0.3 is 9.64 Å². The highest BCUT2D eigenvalue weighted by molar-refractivity contribution is 5.73. The Kier molecular flexibility index (Phi) is 7.40. The van der Waals surface area contributed by atoms with Crippen LogP contribution >= 0.6 is 0 Å². The minimum absolute atomic E-state index is 0.0289.